The summed E-state index contributed by atoms with van der Waals surface area (Å²) in [6.07, 6.45) is 7.82. The van der Waals surface area contributed by atoms with Crippen molar-refractivity contribution in [3.8, 4) is 0 Å². The van der Waals surface area contributed by atoms with Gasteiger partial charge in [-0.2, -0.15) is 0 Å². The van der Waals surface area contributed by atoms with Crippen LogP contribution in [0.2, 0.25) is 0 Å². The van der Waals surface area contributed by atoms with Crippen molar-refractivity contribution < 1.29 is 0 Å². The van der Waals surface area contributed by atoms with Crippen molar-refractivity contribution in [2.45, 2.75) is 13.3 Å². The molecule has 0 amide bonds. The standard InChI is InChI=1S/C17H17N/c1-13-5-4-8-16(11-13)18-17-10-9-14-6-2-3-7-15(14)12-17/h2-4,6-13,18H,5H2,1H3. The molecule has 0 heterocycles. The Balaban J connectivity index is 1.89. The molecular weight excluding hydrogens is 218 g/mol. The third-order valence-corrected chi connectivity index (χ3v) is 3.31. The van der Waals surface area contributed by atoms with E-state index in [0.717, 1.165) is 12.1 Å². The van der Waals surface area contributed by atoms with Crippen molar-refractivity contribution >= 4 is 16.5 Å². The molecule has 0 spiro atoms. The van der Waals surface area contributed by atoms with Crippen LogP contribution in [0.3, 0.4) is 0 Å². The fraction of sp³-hybridized carbons (Fsp3) is 0.176. The maximum absolute atomic E-state index is 3.48. The molecule has 2 aromatic carbocycles. The molecule has 90 valence electrons. The van der Waals surface area contributed by atoms with Crippen molar-refractivity contribution in [2.75, 3.05) is 5.32 Å². The quantitative estimate of drug-likeness (QED) is 0.793. The molecule has 1 nitrogen and oxygen atoms in total. The maximum atomic E-state index is 3.48. The van der Waals surface area contributed by atoms with Gasteiger partial charge in [-0.25, -0.2) is 0 Å². The van der Waals surface area contributed by atoms with E-state index in [1.165, 1.54) is 16.5 Å². The van der Waals surface area contributed by atoms with Crippen LogP contribution in [0.5, 0.6) is 0 Å². The average molecular weight is 235 g/mol. The van der Waals surface area contributed by atoms with E-state index in [2.05, 4.69) is 72.9 Å². The summed E-state index contributed by atoms with van der Waals surface area (Å²) in [5.41, 5.74) is 2.35. The highest BCUT2D eigenvalue weighted by atomic mass is 14.9. The van der Waals surface area contributed by atoms with Gasteiger partial charge in [-0.15, -0.1) is 0 Å². The summed E-state index contributed by atoms with van der Waals surface area (Å²) in [6.45, 7) is 2.24. The molecule has 18 heavy (non-hydrogen) atoms. The lowest BCUT2D eigenvalue weighted by atomic mass is 10.0. The minimum atomic E-state index is 0.623. The van der Waals surface area contributed by atoms with Gasteiger partial charge in [-0.05, 0) is 41.3 Å². The Kier molecular flexibility index (Phi) is 2.89. The summed E-state index contributed by atoms with van der Waals surface area (Å²) < 4.78 is 0. The molecule has 2 aromatic rings. The fourth-order valence-electron chi connectivity index (χ4n) is 2.36. The number of allylic oxidation sites excluding steroid dienone is 3. The lowest BCUT2D eigenvalue weighted by molar-refractivity contribution is 0.730. The zero-order valence-electron chi connectivity index (χ0n) is 10.6. The van der Waals surface area contributed by atoms with Gasteiger partial charge in [0.05, 0.1) is 0 Å². The van der Waals surface area contributed by atoms with Gasteiger partial charge < -0.3 is 5.32 Å². The normalized spacial score (nSPS) is 18.7. The van der Waals surface area contributed by atoms with E-state index in [4.69, 9.17) is 0 Å². The van der Waals surface area contributed by atoms with Gasteiger partial charge in [0.2, 0.25) is 0 Å². The van der Waals surface area contributed by atoms with Crippen LogP contribution in [0.15, 0.2) is 66.4 Å². The minimum absolute atomic E-state index is 0.623. The molecular formula is C17H17N. The van der Waals surface area contributed by atoms with E-state index in [0.29, 0.717) is 5.92 Å². The molecule has 1 atom stereocenters. The molecule has 0 bridgehead atoms. The molecule has 0 aromatic heterocycles. The van der Waals surface area contributed by atoms with Gasteiger partial charge in [0.25, 0.3) is 0 Å². The second-order valence-electron chi connectivity index (χ2n) is 4.92. The molecule has 3 rings (SSSR count). The average Bonchev–Trinajstić information content (AvgIpc) is 2.39. The van der Waals surface area contributed by atoms with Gasteiger partial charge in [0.15, 0.2) is 0 Å². The summed E-state index contributed by atoms with van der Waals surface area (Å²) in [4.78, 5) is 0. The minimum Gasteiger partial charge on any atom is -0.356 e. The van der Waals surface area contributed by atoms with Crippen LogP contribution in [0.1, 0.15) is 13.3 Å². The Morgan fingerprint density at radius 2 is 1.89 bits per heavy atom. The van der Waals surface area contributed by atoms with Crippen LogP contribution >= 0.6 is 0 Å². The Hall–Kier alpha value is -2.02. The number of nitrogens with one attached hydrogen (secondary N) is 1. The zero-order valence-corrected chi connectivity index (χ0v) is 10.6. The molecule has 0 saturated heterocycles. The van der Waals surface area contributed by atoms with Crippen LogP contribution in [-0.2, 0) is 0 Å². The lowest BCUT2D eigenvalue weighted by Crippen LogP contribution is -2.03. The lowest BCUT2D eigenvalue weighted by Gasteiger charge is -2.14. The van der Waals surface area contributed by atoms with E-state index >= 15 is 0 Å². The first kappa shape index (κ1) is 11.1. The molecule has 1 aliphatic rings. The molecule has 0 radical (unpaired) electrons. The molecule has 1 N–H and O–H groups in total. The van der Waals surface area contributed by atoms with Crippen LogP contribution in [0.4, 0.5) is 5.69 Å². The smallest absolute Gasteiger partial charge is 0.0390 e. The Morgan fingerprint density at radius 3 is 2.72 bits per heavy atom. The molecule has 0 fully saturated rings. The molecule has 1 aliphatic carbocycles. The third kappa shape index (κ3) is 2.30. The van der Waals surface area contributed by atoms with Crippen LogP contribution < -0.4 is 5.32 Å². The van der Waals surface area contributed by atoms with Gasteiger partial charge in [-0.1, -0.05) is 49.4 Å². The highest BCUT2D eigenvalue weighted by Gasteiger charge is 2.04. The summed E-state index contributed by atoms with van der Waals surface area (Å²) >= 11 is 0. The zero-order chi connectivity index (χ0) is 12.4. The largest absolute Gasteiger partial charge is 0.356 e. The van der Waals surface area contributed by atoms with Crippen LogP contribution in [0, 0.1) is 5.92 Å². The van der Waals surface area contributed by atoms with E-state index in [9.17, 15) is 0 Å². The van der Waals surface area contributed by atoms with E-state index in [1.54, 1.807) is 0 Å². The second kappa shape index (κ2) is 4.69. The van der Waals surface area contributed by atoms with E-state index in [-0.39, 0.29) is 0 Å². The number of benzene rings is 2. The molecule has 1 heteroatoms. The number of rotatable bonds is 2. The molecule has 0 aliphatic heterocycles. The number of anilines is 1. The first-order valence-corrected chi connectivity index (χ1v) is 6.45. The fourth-order valence-corrected chi connectivity index (χ4v) is 2.36. The SMILES string of the molecule is CC1C=C(Nc2ccc3ccccc3c2)C=CC1. The van der Waals surface area contributed by atoms with Crippen LogP contribution in [0.25, 0.3) is 10.8 Å². The van der Waals surface area contributed by atoms with Gasteiger partial charge in [0, 0.05) is 11.4 Å². The second-order valence-corrected chi connectivity index (χ2v) is 4.92. The first-order valence-electron chi connectivity index (χ1n) is 6.45. The summed E-state index contributed by atoms with van der Waals surface area (Å²) in [7, 11) is 0. The number of fused-ring (bicyclic) bond motifs is 1. The van der Waals surface area contributed by atoms with Crippen molar-refractivity contribution in [2.24, 2.45) is 5.92 Å². The maximum Gasteiger partial charge on any atom is 0.0390 e. The van der Waals surface area contributed by atoms with Gasteiger partial charge >= 0.3 is 0 Å². The number of hydrogen-bond acceptors (Lipinski definition) is 1. The predicted octanol–water partition coefficient (Wildman–Crippen LogP) is 4.73. The van der Waals surface area contributed by atoms with E-state index in [1.807, 2.05) is 0 Å². The predicted molar refractivity (Wildman–Crippen MR) is 78.6 cm³/mol. The molecule has 1 unspecified atom stereocenters. The van der Waals surface area contributed by atoms with Crippen molar-refractivity contribution in [1.29, 1.82) is 0 Å². The molecule has 0 saturated carbocycles. The highest BCUT2D eigenvalue weighted by molar-refractivity contribution is 5.86. The summed E-state index contributed by atoms with van der Waals surface area (Å²) in [6, 6.07) is 14.9. The topological polar surface area (TPSA) is 12.0 Å². The third-order valence-electron chi connectivity index (χ3n) is 3.31. The van der Waals surface area contributed by atoms with Crippen molar-refractivity contribution in [1.82, 2.24) is 0 Å². The highest BCUT2D eigenvalue weighted by Crippen LogP contribution is 2.22. The summed E-state index contributed by atoms with van der Waals surface area (Å²) in [5, 5.41) is 6.03. The Labute approximate surface area is 108 Å². The van der Waals surface area contributed by atoms with Gasteiger partial charge in [0.1, 0.15) is 0 Å². The van der Waals surface area contributed by atoms with Crippen LogP contribution in [-0.4, -0.2) is 0 Å². The Bertz CT molecular complexity index is 622. The Morgan fingerprint density at radius 1 is 1.06 bits per heavy atom. The van der Waals surface area contributed by atoms with Gasteiger partial charge in [-0.3, -0.25) is 0 Å². The number of hydrogen-bond donors (Lipinski definition) is 1. The van der Waals surface area contributed by atoms with Crippen molar-refractivity contribution in [3.05, 3.63) is 66.4 Å². The first-order chi connectivity index (χ1) is 8.81. The van der Waals surface area contributed by atoms with E-state index < -0.39 is 0 Å². The summed E-state index contributed by atoms with van der Waals surface area (Å²) in [5.74, 6) is 0.623. The van der Waals surface area contributed by atoms with Crippen molar-refractivity contribution in [3.63, 3.8) is 0 Å². The monoisotopic (exact) mass is 235 g/mol.